The van der Waals surface area contributed by atoms with E-state index in [0.29, 0.717) is 19.6 Å². The largest absolute Gasteiger partial charge is 0.481 e. The highest BCUT2D eigenvalue weighted by atomic mass is 16.6. The number of carbonyl (C=O) groups is 2. The second kappa shape index (κ2) is 5.35. The summed E-state index contributed by atoms with van der Waals surface area (Å²) in [4.78, 5) is 24.1. The van der Waals surface area contributed by atoms with Gasteiger partial charge in [-0.3, -0.25) is 4.79 Å². The number of hydrogen-bond acceptors (Lipinski definition) is 4. The Bertz CT molecular complexity index is 298. The zero-order chi connectivity index (χ0) is 13.1. The van der Waals surface area contributed by atoms with Crippen molar-refractivity contribution in [2.45, 2.75) is 38.8 Å². The molecule has 1 saturated heterocycles. The van der Waals surface area contributed by atoms with Gasteiger partial charge in [-0.25, -0.2) is 4.79 Å². The molecule has 98 valence electrons. The molecule has 1 heterocycles. The van der Waals surface area contributed by atoms with Crippen LogP contribution in [-0.2, 0) is 9.53 Å². The number of amides is 1. The Morgan fingerprint density at radius 1 is 1.47 bits per heavy atom. The summed E-state index contributed by atoms with van der Waals surface area (Å²) in [5.74, 6) is -0.910. The number of nitrogens with zero attached hydrogens (tertiary/aromatic N) is 1. The molecule has 1 aliphatic rings. The molecule has 0 radical (unpaired) electrons. The molecule has 0 aromatic rings. The lowest BCUT2D eigenvalue weighted by atomic mass is 10.1. The first kappa shape index (κ1) is 13.8. The number of nitrogens with one attached hydrogen (secondary N) is 1. The molecule has 6 heteroatoms. The van der Waals surface area contributed by atoms with Crippen molar-refractivity contribution in [3.8, 4) is 0 Å². The SMILES string of the molecule is CC(C)(C)OC(=O)N1CCNCC1CC(=O)O. The van der Waals surface area contributed by atoms with Crippen molar-refractivity contribution in [1.82, 2.24) is 10.2 Å². The minimum absolute atomic E-state index is 0.0633. The van der Waals surface area contributed by atoms with Crippen LogP contribution in [0.1, 0.15) is 27.2 Å². The van der Waals surface area contributed by atoms with E-state index in [1.165, 1.54) is 4.90 Å². The summed E-state index contributed by atoms with van der Waals surface area (Å²) in [5.41, 5.74) is -0.560. The molecule has 0 saturated carbocycles. The predicted molar refractivity (Wildman–Crippen MR) is 61.9 cm³/mol. The number of piperazine rings is 1. The van der Waals surface area contributed by atoms with Crippen molar-refractivity contribution in [3.05, 3.63) is 0 Å². The summed E-state index contributed by atoms with van der Waals surface area (Å²) in [6.45, 7) is 7.01. The Labute approximate surface area is 101 Å². The van der Waals surface area contributed by atoms with E-state index >= 15 is 0 Å². The number of carbonyl (C=O) groups excluding carboxylic acids is 1. The molecule has 1 unspecified atom stereocenters. The Morgan fingerprint density at radius 3 is 2.65 bits per heavy atom. The Hall–Kier alpha value is -1.30. The maximum atomic E-state index is 11.9. The average molecular weight is 244 g/mol. The number of ether oxygens (including phenoxy) is 1. The highest BCUT2D eigenvalue weighted by Gasteiger charge is 2.31. The van der Waals surface area contributed by atoms with E-state index in [1.54, 1.807) is 20.8 Å². The van der Waals surface area contributed by atoms with Gasteiger partial charge in [0.05, 0.1) is 12.5 Å². The van der Waals surface area contributed by atoms with Gasteiger partial charge in [0, 0.05) is 19.6 Å². The topological polar surface area (TPSA) is 78.9 Å². The van der Waals surface area contributed by atoms with Crippen LogP contribution in [0.3, 0.4) is 0 Å². The quantitative estimate of drug-likeness (QED) is 0.746. The van der Waals surface area contributed by atoms with Gasteiger partial charge in [-0.2, -0.15) is 0 Å². The van der Waals surface area contributed by atoms with Gasteiger partial charge in [-0.1, -0.05) is 0 Å². The molecule has 6 nitrogen and oxygen atoms in total. The van der Waals surface area contributed by atoms with Gasteiger partial charge in [0.15, 0.2) is 0 Å². The van der Waals surface area contributed by atoms with E-state index in [1.807, 2.05) is 0 Å². The molecular formula is C11H20N2O4. The molecule has 0 spiro atoms. The minimum Gasteiger partial charge on any atom is -0.481 e. The first-order valence-electron chi connectivity index (χ1n) is 5.72. The highest BCUT2D eigenvalue weighted by Crippen LogP contribution is 2.14. The third-order valence-electron chi connectivity index (χ3n) is 2.39. The summed E-state index contributed by atoms with van der Waals surface area (Å²) >= 11 is 0. The lowest BCUT2D eigenvalue weighted by Crippen LogP contribution is -2.55. The summed E-state index contributed by atoms with van der Waals surface area (Å²) in [6.07, 6.45) is -0.503. The van der Waals surface area contributed by atoms with Crippen LogP contribution in [0.2, 0.25) is 0 Å². The fraction of sp³-hybridized carbons (Fsp3) is 0.818. The fourth-order valence-corrected chi connectivity index (χ4v) is 1.71. The first-order chi connectivity index (χ1) is 7.79. The monoisotopic (exact) mass is 244 g/mol. The highest BCUT2D eigenvalue weighted by molar-refractivity contribution is 5.72. The molecule has 1 amide bonds. The number of aliphatic carboxylic acids is 1. The molecule has 0 aromatic carbocycles. The van der Waals surface area contributed by atoms with Gasteiger partial charge in [-0.15, -0.1) is 0 Å². The van der Waals surface area contributed by atoms with Crippen LogP contribution < -0.4 is 5.32 Å². The van der Waals surface area contributed by atoms with Crippen LogP contribution in [0, 0.1) is 0 Å². The Kier molecular flexibility index (Phi) is 4.34. The number of carboxylic acids is 1. The van der Waals surface area contributed by atoms with Gasteiger partial charge in [0.2, 0.25) is 0 Å². The van der Waals surface area contributed by atoms with Crippen molar-refractivity contribution in [2.75, 3.05) is 19.6 Å². The van der Waals surface area contributed by atoms with E-state index in [0.717, 1.165) is 0 Å². The third kappa shape index (κ3) is 4.60. The Balaban J connectivity index is 2.64. The van der Waals surface area contributed by atoms with Crippen molar-refractivity contribution < 1.29 is 19.4 Å². The summed E-state index contributed by atoms with van der Waals surface area (Å²) in [7, 11) is 0. The number of carboxylic acid groups (broad SMARTS) is 1. The van der Waals surface area contributed by atoms with E-state index in [-0.39, 0.29) is 12.5 Å². The van der Waals surface area contributed by atoms with Crippen LogP contribution in [0.4, 0.5) is 4.79 Å². The fourth-order valence-electron chi connectivity index (χ4n) is 1.71. The smallest absolute Gasteiger partial charge is 0.410 e. The summed E-state index contributed by atoms with van der Waals surface area (Å²) < 4.78 is 5.26. The van der Waals surface area contributed by atoms with Crippen LogP contribution in [-0.4, -0.2) is 53.3 Å². The van der Waals surface area contributed by atoms with Gasteiger partial charge < -0.3 is 20.1 Å². The maximum Gasteiger partial charge on any atom is 0.410 e. The third-order valence-corrected chi connectivity index (χ3v) is 2.39. The van der Waals surface area contributed by atoms with Crippen LogP contribution in [0.5, 0.6) is 0 Å². The molecule has 0 bridgehead atoms. The first-order valence-corrected chi connectivity index (χ1v) is 5.72. The van der Waals surface area contributed by atoms with E-state index in [2.05, 4.69) is 5.32 Å². The normalized spacial score (nSPS) is 21.1. The molecule has 1 aliphatic heterocycles. The zero-order valence-corrected chi connectivity index (χ0v) is 10.5. The van der Waals surface area contributed by atoms with Crippen LogP contribution in [0.25, 0.3) is 0 Å². The number of hydrogen-bond donors (Lipinski definition) is 2. The van der Waals surface area contributed by atoms with Gasteiger partial charge in [-0.05, 0) is 20.8 Å². The maximum absolute atomic E-state index is 11.9. The van der Waals surface area contributed by atoms with Crippen LogP contribution >= 0.6 is 0 Å². The molecule has 1 fully saturated rings. The van der Waals surface area contributed by atoms with Gasteiger partial charge >= 0.3 is 12.1 Å². The zero-order valence-electron chi connectivity index (χ0n) is 10.5. The average Bonchev–Trinajstić information content (AvgIpc) is 2.14. The standard InChI is InChI=1S/C11H20N2O4/c1-11(2,3)17-10(16)13-5-4-12-7-8(13)6-9(14)15/h8,12H,4-7H2,1-3H3,(H,14,15). The second-order valence-electron chi connectivity index (χ2n) is 5.13. The summed E-state index contributed by atoms with van der Waals surface area (Å²) in [5, 5.41) is 11.9. The molecule has 1 rings (SSSR count). The molecule has 2 N–H and O–H groups in total. The van der Waals surface area contributed by atoms with Crippen molar-refractivity contribution in [3.63, 3.8) is 0 Å². The van der Waals surface area contributed by atoms with E-state index < -0.39 is 17.7 Å². The molecule has 1 atom stereocenters. The van der Waals surface area contributed by atoms with E-state index in [4.69, 9.17) is 9.84 Å². The second-order valence-corrected chi connectivity index (χ2v) is 5.13. The molecular weight excluding hydrogens is 224 g/mol. The molecule has 17 heavy (non-hydrogen) atoms. The van der Waals surface area contributed by atoms with Gasteiger partial charge in [0.1, 0.15) is 5.60 Å². The van der Waals surface area contributed by atoms with E-state index in [9.17, 15) is 9.59 Å². The van der Waals surface area contributed by atoms with Crippen molar-refractivity contribution in [2.24, 2.45) is 0 Å². The minimum atomic E-state index is -0.910. The molecule has 0 aromatic heterocycles. The van der Waals surface area contributed by atoms with Crippen LogP contribution in [0.15, 0.2) is 0 Å². The van der Waals surface area contributed by atoms with Gasteiger partial charge in [0.25, 0.3) is 0 Å². The number of rotatable bonds is 2. The Morgan fingerprint density at radius 2 is 2.12 bits per heavy atom. The lowest BCUT2D eigenvalue weighted by Gasteiger charge is -2.36. The summed E-state index contributed by atoms with van der Waals surface area (Å²) in [6, 6.07) is -0.337. The van der Waals surface area contributed by atoms with Crippen molar-refractivity contribution >= 4 is 12.1 Å². The predicted octanol–water partition coefficient (Wildman–Crippen LogP) is 0.670. The molecule has 0 aliphatic carbocycles. The van der Waals surface area contributed by atoms with Crippen molar-refractivity contribution in [1.29, 1.82) is 0 Å². The lowest BCUT2D eigenvalue weighted by molar-refractivity contribution is -0.138.